The van der Waals surface area contributed by atoms with Crippen molar-refractivity contribution in [1.82, 2.24) is 9.97 Å². The van der Waals surface area contributed by atoms with Gasteiger partial charge in [0.15, 0.2) is 5.13 Å². The number of nitrogens with zero attached hydrogens (tertiary/aromatic N) is 3. The van der Waals surface area contributed by atoms with Crippen molar-refractivity contribution in [3.63, 3.8) is 0 Å². The maximum Gasteiger partial charge on any atom is 0.305 e. The van der Waals surface area contributed by atoms with Crippen molar-refractivity contribution in [2.45, 2.75) is 24.0 Å². The van der Waals surface area contributed by atoms with E-state index in [-0.39, 0.29) is 17.7 Å². The van der Waals surface area contributed by atoms with Gasteiger partial charge in [0.1, 0.15) is 16.1 Å². The first-order valence-corrected chi connectivity index (χ1v) is 13.4. The maximum absolute atomic E-state index is 13.2. The molecule has 0 bridgehead atoms. The molecule has 1 N–H and O–H groups in total. The molecular formula is C24H18ClN3O3S3. The summed E-state index contributed by atoms with van der Waals surface area (Å²) in [6, 6.07) is 15.4. The zero-order valence-electron chi connectivity index (χ0n) is 17.8. The molecule has 0 spiro atoms. The third-order valence-corrected chi connectivity index (χ3v) is 8.72. The van der Waals surface area contributed by atoms with Crippen LogP contribution in [0, 0.1) is 6.92 Å². The topological polar surface area (TPSA) is 83.4 Å². The number of aromatic nitrogens is 2. The number of halogens is 1. The summed E-state index contributed by atoms with van der Waals surface area (Å²) in [5.41, 5.74) is 4.53. The monoisotopic (exact) mass is 527 g/mol. The molecule has 2 atom stereocenters. The Balaban J connectivity index is 1.46. The molecule has 0 aliphatic carbocycles. The highest BCUT2D eigenvalue weighted by Gasteiger charge is 2.44. The minimum absolute atomic E-state index is 0.225. The second-order valence-corrected chi connectivity index (χ2v) is 11.2. The number of carboxylic acid groups (broad SMARTS) is 1. The van der Waals surface area contributed by atoms with E-state index in [1.165, 1.54) is 34.4 Å². The number of rotatable bonds is 6. The first kappa shape index (κ1) is 23.0. The normalized spacial score (nSPS) is 17.9. The lowest BCUT2D eigenvalue weighted by atomic mass is 10.1. The van der Waals surface area contributed by atoms with Crippen molar-refractivity contribution >= 4 is 63.0 Å². The molecule has 10 heteroatoms. The van der Waals surface area contributed by atoms with Crippen molar-refractivity contribution in [2.24, 2.45) is 0 Å². The fourth-order valence-corrected chi connectivity index (χ4v) is 6.93. The van der Waals surface area contributed by atoms with E-state index in [4.69, 9.17) is 21.6 Å². The Hall–Kier alpha value is -2.72. The Labute approximate surface area is 213 Å². The highest BCUT2D eigenvalue weighted by Crippen LogP contribution is 2.48. The smallest absolute Gasteiger partial charge is 0.305 e. The first-order chi connectivity index (χ1) is 16.4. The molecule has 0 radical (unpaired) electrons. The number of amides is 1. The first-order valence-electron chi connectivity index (χ1n) is 10.3. The highest BCUT2D eigenvalue weighted by atomic mass is 35.5. The van der Waals surface area contributed by atoms with Crippen molar-refractivity contribution in [2.75, 3.05) is 4.90 Å². The van der Waals surface area contributed by atoms with Gasteiger partial charge in [0.05, 0.1) is 17.4 Å². The van der Waals surface area contributed by atoms with E-state index in [1.54, 1.807) is 4.90 Å². The molecule has 0 saturated carbocycles. The SMILES string of the molecule is Cc1ccc(C2SC(CC(=O)O)C(=O)N2c2nc(-c3nc(-c4ccc(Cl)cc4)cs3)cs2)cc1. The van der Waals surface area contributed by atoms with Crippen molar-refractivity contribution in [3.05, 3.63) is 75.4 Å². The standard InChI is InChI=1S/C24H18ClN3O3S3/c1-13-2-4-15(5-3-13)23-28(22(31)19(34-23)10-20(29)30)24-27-18(12-33-24)21-26-17(11-32-21)14-6-8-16(25)9-7-14/h2-9,11-12,19,23H,10H2,1H3,(H,29,30). The number of thiazole rings is 2. The zero-order valence-corrected chi connectivity index (χ0v) is 21.0. The Kier molecular flexibility index (Phi) is 6.44. The Morgan fingerprint density at radius 1 is 1.03 bits per heavy atom. The van der Waals surface area contributed by atoms with E-state index in [9.17, 15) is 14.7 Å². The predicted molar refractivity (Wildman–Crippen MR) is 139 cm³/mol. The van der Waals surface area contributed by atoms with Gasteiger partial charge in [-0.2, -0.15) is 0 Å². The van der Waals surface area contributed by atoms with E-state index in [2.05, 4.69) is 0 Å². The summed E-state index contributed by atoms with van der Waals surface area (Å²) in [7, 11) is 0. The summed E-state index contributed by atoms with van der Waals surface area (Å²) < 4.78 is 0. The van der Waals surface area contributed by atoms with Crippen LogP contribution >= 0.6 is 46.0 Å². The van der Waals surface area contributed by atoms with Gasteiger partial charge in [-0.1, -0.05) is 53.6 Å². The van der Waals surface area contributed by atoms with Gasteiger partial charge in [0.2, 0.25) is 5.91 Å². The van der Waals surface area contributed by atoms with Gasteiger partial charge in [0.25, 0.3) is 0 Å². The molecule has 2 aromatic heterocycles. The fraction of sp³-hybridized carbons (Fsp3) is 0.167. The van der Waals surface area contributed by atoms with E-state index in [1.807, 2.05) is 66.2 Å². The van der Waals surface area contributed by atoms with Crippen molar-refractivity contribution in [1.29, 1.82) is 0 Å². The van der Waals surface area contributed by atoms with Crippen LogP contribution in [0.3, 0.4) is 0 Å². The van der Waals surface area contributed by atoms with Crippen molar-refractivity contribution in [3.8, 4) is 22.0 Å². The molecule has 2 aromatic carbocycles. The average Bonchev–Trinajstić information content (AvgIpc) is 3.54. The molecule has 2 unspecified atom stereocenters. The zero-order chi connectivity index (χ0) is 23.8. The summed E-state index contributed by atoms with van der Waals surface area (Å²) in [6.45, 7) is 2.00. The maximum atomic E-state index is 13.2. The summed E-state index contributed by atoms with van der Waals surface area (Å²) in [6.07, 6.45) is -0.225. The number of anilines is 1. The van der Waals surface area contributed by atoms with Crippen LogP contribution in [0.5, 0.6) is 0 Å². The summed E-state index contributed by atoms with van der Waals surface area (Å²) in [5, 5.41) is 14.1. The molecule has 1 aliphatic heterocycles. The second-order valence-electron chi connectivity index (χ2n) is 7.75. The lowest BCUT2D eigenvalue weighted by Gasteiger charge is -2.21. The number of carbonyl (C=O) groups is 2. The van der Waals surface area contributed by atoms with Crippen LogP contribution in [0.25, 0.3) is 22.0 Å². The summed E-state index contributed by atoms with van der Waals surface area (Å²) in [5.74, 6) is -1.23. The number of carbonyl (C=O) groups excluding carboxylic acids is 1. The van der Waals surface area contributed by atoms with Gasteiger partial charge in [-0.25, -0.2) is 9.97 Å². The van der Waals surface area contributed by atoms with Gasteiger partial charge < -0.3 is 5.11 Å². The molecule has 1 fully saturated rings. The summed E-state index contributed by atoms with van der Waals surface area (Å²) >= 11 is 10.2. The second kappa shape index (κ2) is 9.50. The fourth-order valence-electron chi connectivity index (χ4n) is 3.61. The van der Waals surface area contributed by atoms with Gasteiger partial charge in [-0.15, -0.1) is 34.4 Å². The molecule has 1 saturated heterocycles. The van der Waals surface area contributed by atoms with Gasteiger partial charge in [0, 0.05) is 21.3 Å². The average molecular weight is 528 g/mol. The molecule has 5 rings (SSSR count). The van der Waals surface area contributed by atoms with Crippen LogP contribution in [-0.4, -0.2) is 32.2 Å². The number of thioether (sulfide) groups is 1. The van der Waals surface area contributed by atoms with Crippen LogP contribution < -0.4 is 4.90 Å². The Bertz CT molecular complexity index is 1350. The number of hydrogen-bond donors (Lipinski definition) is 1. The van der Waals surface area contributed by atoms with Crippen LogP contribution in [0.4, 0.5) is 5.13 Å². The van der Waals surface area contributed by atoms with Gasteiger partial charge in [-0.05, 0) is 24.6 Å². The molecular weight excluding hydrogens is 510 g/mol. The molecule has 4 aromatic rings. The van der Waals surface area contributed by atoms with Crippen LogP contribution in [0.2, 0.25) is 5.02 Å². The van der Waals surface area contributed by atoms with Gasteiger partial charge >= 0.3 is 5.97 Å². The lowest BCUT2D eigenvalue weighted by Crippen LogP contribution is -2.31. The number of carboxylic acids is 1. The molecule has 1 aliphatic rings. The van der Waals surface area contributed by atoms with Crippen LogP contribution in [0.1, 0.15) is 22.9 Å². The van der Waals surface area contributed by atoms with Crippen molar-refractivity contribution < 1.29 is 14.7 Å². The number of aryl methyl sites for hydroxylation is 1. The van der Waals surface area contributed by atoms with E-state index >= 15 is 0 Å². The third-order valence-electron chi connectivity index (χ3n) is 5.32. The van der Waals surface area contributed by atoms with E-state index in [0.717, 1.165) is 27.4 Å². The van der Waals surface area contributed by atoms with Crippen LogP contribution in [0.15, 0.2) is 59.3 Å². The molecule has 3 heterocycles. The predicted octanol–water partition coefficient (Wildman–Crippen LogP) is 6.52. The Morgan fingerprint density at radius 3 is 2.44 bits per heavy atom. The minimum Gasteiger partial charge on any atom is -0.481 e. The largest absolute Gasteiger partial charge is 0.481 e. The number of hydrogen-bond acceptors (Lipinski definition) is 7. The number of aliphatic carboxylic acids is 1. The molecule has 1 amide bonds. The van der Waals surface area contributed by atoms with Gasteiger partial charge in [-0.3, -0.25) is 14.5 Å². The molecule has 34 heavy (non-hydrogen) atoms. The molecule has 172 valence electrons. The quantitative estimate of drug-likeness (QED) is 0.307. The van der Waals surface area contributed by atoms with E-state index < -0.39 is 11.2 Å². The minimum atomic E-state index is -0.993. The summed E-state index contributed by atoms with van der Waals surface area (Å²) in [4.78, 5) is 35.7. The van der Waals surface area contributed by atoms with E-state index in [0.29, 0.717) is 15.8 Å². The van der Waals surface area contributed by atoms with Crippen LogP contribution in [-0.2, 0) is 9.59 Å². The molecule has 6 nitrogen and oxygen atoms in total. The highest BCUT2D eigenvalue weighted by molar-refractivity contribution is 8.01. The Morgan fingerprint density at radius 2 is 1.74 bits per heavy atom. The number of benzene rings is 2. The third kappa shape index (κ3) is 4.61. The lowest BCUT2D eigenvalue weighted by molar-refractivity contribution is -0.138.